The van der Waals surface area contributed by atoms with Gasteiger partial charge in [-0.3, -0.25) is 24.4 Å². The molecule has 0 fully saturated rings. The van der Waals surface area contributed by atoms with Gasteiger partial charge >= 0.3 is 5.97 Å². The van der Waals surface area contributed by atoms with E-state index in [4.69, 9.17) is 28.7 Å². The second-order valence-corrected chi connectivity index (χ2v) is 8.49. The largest absolute Gasteiger partial charge is 0.480 e. The molecule has 4 unspecified atom stereocenters. The highest BCUT2D eigenvalue weighted by Crippen LogP contribution is 2.06. The van der Waals surface area contributed by atoms with Crippen LogP contribution in [0.3, 0.4) is 0 Å². The zero-order valence-corrected chi connectivity index (χ0v) is 21.2. The third kappa shape index (κ3) is 12.5. The number of nitrogens with one attached hydrogen (secondary N) is 4. The Balaban J connectivity index is 3.03. The van der Waals surface area contributed by atoms with Gasteiger partial charge < -0.3 is 54.7 Å². The lowest BCUT2D eigenvalue weighted by atomic mass is 10.1. The van der Waals surface area contributed by atoms with Crippen molar-refractivity contribution in [1.82, 2.24) is 25.9 Å². The lowest BCUT2D eigenvalue weighted by molar-refractivity contribution is -0.142. The van der Waals surface area contributed by atoms with E-state index in [0.717, 1.165) is 0 Å². The van der Waals surface area contributed by atoms with Crippen LogP contribution in [0.25, 0.3) is 0 Å². The number of carbonyl (C=O) groups excluding carboxylic acids is 3. The number of nitrogens with two attached hydrogens (primary N) is 5. The quantitative estimate of drug-likeness (QED) is 0.0516. The molecular weight excluding hydrogens is 500 g/mol. The van der Waals surface area contributed by atoms with Crippen molar-refractivity contribution < 1.29 is 24.3 Å². The molecule has 0 aliphatic heterocycles. The molecule has 0 bridgehead atoms. The lowest BCUT2D eigenvalue weighted by Crippen LogP contribution is -2.57. The molecular formula is C21H38N12O5. The van der Waals surface area contributed by atoms with Crippen LogP contribution in [0.4, 0.5) is 0 Å². The maximum absolute atomic E-state index is 13.2. The van der Waals surface area contributed by atoms with Crippen LogP contribution in [-0.4, -0.2) is 87.9 Å². The van der Waals surface area contributed by atoms with E-state index in [-0.39, 0.29) is 57.1 Å². The minimum Gasteiger partial charge on any atom is -0.480 e. The Morgan fingerprint density at radius 2 is 1.39 bits per heavy atom. The molecule has 1 heterocycles. The van der Waals surface area contributed by atoms with Crippen molar-refractivity contribution >= 4 is 35.6 Å². The number of amides is 3. The van der Waals surface area contributed by atoms with Crippen LogP contribution < -0.4 is 44.6 Å². The molecule has 1 rings (SSSR count). The smallest absolute Gasteiger partial charge is 0.326 e. The number of nitrogens with zero attached hydrogens (tertiary/aromatic N) is 3. The Bertz CT molecular complexity index is 971. The van der Waals surface area contributed by atoms with Crippen molar-refractivity contribution in [3.05, 3.63) is 18.2 Å². The number of imidazole rings is 1. The van der Waals surface area contributed by atoms with Crippen LogP contribution >= 0.6 is 0 Å². The van der Waals surface area contributed by atoms with Gasteiger partial charge in [-0.25, -0.2) is 9.78 Å². The Kier molecular flexibility index (Phi) is 13.6. The highest BCUT2D eigenvalue weighted by molar-refractivity contribution is 5.94. The summed E-state index contributed by atoms with van der Waals surface area (Å²) in [4.78, 5) is 64.5. The Morgan fingerprint density at radius 1 is 0.895 bits per heavy atom. The van der Waals surface area contributed by atoms with E-state index in [9.17, 15) is 24.3 Å². The molecule has 15 N–H and O–H groups in total. The fourth-order valence-electron chi connectivity index (χ4n) is 3.21. The van der Waals surface area contributed by atoms with Gasteiger partial charge in [0.05, 0.1) is 12.4 Å². The molecule has 3 amide bonds. The van der Waals surface area contributed by atoms with Crippen LogP contribution in [-0.2, 0) is 25.6 Å². The standard InChI is InChI=1S/C21H38N12O5/c1-11(22)16(34)33-15(8-12-9-27-10-30-12)18(36)31-13(4-2-6-28-20(23)24)17(35)32-14(19(37)38)5-3-7-29-21(25)26/h9-11,13-15H,2-8,22H2,1H3,(H,27,30)(H,31,36)(H,32,35)(H,33,34)(H,37,38)(H4,23,24,28)(H4,25,26,29). The Labute approximate surface area is 219 Å². The third-order valence-electron chi connectivity index (χ3n) is 5.16. The highest BCUT2D eigenvalue weighted by atomic mass is 16.4. The maximum Gasteiger partial charge on any atom is 0.326 e. The number of rotatable bonds is 17. The molecule has 1 aromatic heterocycles. The number of aliphatic imine (C=N–C) groups is 2. The first kappa shape index (κ1) is 31.6. The summed E-state index contributed by atoms with van der Waals surface area (Å²) in [7, 11) is 0. The second-order valence-electron chi connectivity index (χ2n) is 8.49. The van der Waals surface area contributed by atoms with Crippen LogP contribution in [0, 0.1) is 0 Å². The minimum atomic E-state index is -1.27. The second kappa shape index (κ2) is 16.4. The first-order valence-corrected chi connectivity index (χ1v) is 11.9. The van der Waals surface area contributed by atoms with Crippen molar-refractivity contribution in [3.8, 4) is 0 Å². The van der Waals surface area contributed by atoms with Crippen LogP contribution in [0.5, 0.6) is 0 Å². The molecule has 0 aliphatic carbocycles. The van der Waals surface area contributed by atoms with Crippen LogP contribution in [0.1, 0.15) is 38.3 Å². The summed E-state index contributed by atoms with van der Waals surface area (Å²) >= 11 is 0. The monoisotopic (exact) mass is 538 g/mol. The minimum absolute atomic E-state index is 0.0369. The van der Waals surface area contributed by atoms with Gasteiger partial charge in [0.1, 0.15) is 18.1 Å². The number of guanidine groups is 2. The topological polar surface area (TPSA) is 308 Å². The number of carbonyl (C=O) groups is 4. The molecule has 0 radical (unpaired) electrons. The van der Waals surface area contributed by atoms with E-state index in [1.807, 2.05) is 0 Å². The normalized spacial score (nSPS) is 13.7. The Morgan fingerprint density at radius 3 is 1.87 bits per heavy atom. The summed E-state index contributed by atoms with van der Waals surface area (Å²) in [5.74, 6) is -3.54. The molecule has 1 aromatic rings. The van der Waals surface area contributed by atoms with Crippen molar-refractivity contribution in [2.75, 3.05) is 13.1 Å². The number of carboxylic acids is 1. The van der Waals surface area contributed by atoms with Gasteiger partial charge in [0.25, 0.3) is 0 Å². The van der Waals surface area contributed by atoms with Gasteiger partial charge in [-0.1, -0.05) is 0 Å². The van der Waals surface area contributed by atoms with Gasteiger partial charge in [-0.2, -0.15) is 0 Å². The summed E-state index contributed by atoms with van der Waals surface area (Å²) in [6.45, 7) is 1.80. The van der Waals surface area contributed by atoms with E-state index < -0.39 is 47.9 Å². The van der Waals surface area contributed by atoms with Gasteiger partial charge in [-0.05, 0) is 32.6 Å². The predicted octanol–water partition coefficient (Wildman–Crippen LogP) is -4.05. The molecule has 0 spiro atoms. The van der Waals surface area contributed by atoms with Gasteiger partial charge in [0.2, 0.25) is 17.7 Å². The van der Waals surface area contributed by atoms with E-state index in [1.165, 1.54) is 19.4 Å². The number of hydrogen-bond donors (Lipinski definition) is 10. The SMILES string of the molecule is CC(N)C(=O)NC(Cc1cnc[nH]1)C(=O)NC(CCCN=C(N)N)C(=O)NC(CCCN=C(N)N)C(=O)O. The molecule has 17 nitrogen and oxygen atoms in total. The van der Waals surface area contributed by atoms with Crippen LogP contribution in [0.15, 0.2) is 22.5 Å². The molecule has 212 valence electrons. The molecule has 4 atom stereocenters. The molecule has 38 heavy (non-hydrogen) atoms. The third-order valence-corrected chi connectivity index (χ3v) is 5.16. The summed E-state index contributed by atoms with van der Waals surface area (Å²) in [5, 5.41) is 17.1. The zero-order valence-electron chi connectivity index (χ0n) is 21.2. The van der Waals surface area contributed by atoms with Gasteiger partial charge in [0, 0.05) is 31.4 Å². The maximum atomic E-state index is 13.2. The summed E-state index contributed by atoms with van der Waals surface area (Å²) in [6, 6.07) is -4.40. The van der Waals surface area contributed by atoms with Crippen molar-refractivity contribution in [2.45, 2.75) is 63.2 Å². The average molecular weight is 539 g/mol. The number of carboxylic acid groups (broad SMARTS) is 1. The van der Waals surface area contributed by atoms with Crippen molar-refractivity contribution in [3.63, 3.8) is 0 Å². The first-order chi connectivity index (χ1) is 17.9. The van der Waals surface area contributed by atoms with Crippen molar-refractivity contribution in [2.24, 2.45) is 38.7 Å². The average Bonchev–Trinajstić information content (AvgIpc) is 3.34. The number of H-pyrrole nitrogens is 1. The van der Waals surface area contributed by atoms with E-state index in [0.29, 0.717) is 5.69 Å². The predicted molar refractivity (Wildman–Crippen MR) is 139 cm³/mol. The zero-order chi connectivity index (χ0) is 28.7. The van der Waals surface area contributed by atoms with Crippen LogP contribution in [0.2, 0.25) is 0 Å². The van der Waals surface area contributed by atoms with E-state index in [2.05, 4.69) is 35.9 Å². The van der Waals surface area contributed by atoms with E-state index >= 15 is 0 Å². The Hall–Kier alpha value is -4.41. The van der Waals surface area contributed by atoms with Gasteiger partial charge in [-0.15, -0.1) is 0 Å². The number of aliphatic carboxylic acids is 1. The number of hydrogen-bond acceptors (Lipinski definition) is 8. The van der Waals surface area contributed by atoms with E-state index in [1.54, 1.807) is 0 Å². The van der Waals surface area contributed by atoms with Crippen molar-refractivity contribution in [1.29, 1.82) is 0 Å². The molecule has 0 aliphatic rings. The van der Waals surface area contributed by atoms with Gasteiger partial charge in [0.15, 0.2) is 11.9 Å². The fraction of sp³-hybridized carbons (Fsp3) is 0.571. The number of aromatic amines is 1. The summed E-state index contributed by atoms with van der Waals surface area (Å²) in [5.41, 5.74) is 27.4. The fourth-order valence-corrected chi connectivity index (χ4v) is 3.21. The summed E-state index contributed by atoms with van der Waals surface area (Å²) < 4.78 is 0. The highest BCUT2D eigenvalue weighted by Gasteiger charge is 2.30. The first-order valence-electron chi connectivity index (χ1n) is 11.9. The number of aromatic nitrogens is 2. The molecule has 17 heteroatoms. The summed E-state index contributed by atoms with van der Waals surface area (Å²) in [6.07, 6.45) is 3.62. The molecule has 0 aromatic carbocycles. The lowest BCUT2D eigenvalue weighted by Gasteiger charge is -2.24. The molecule has 0 saturated heterocycles. The molecule has 0 saturated carbocycles.